The van der Waals surface area contributed by atoms with Crippen LogP contribution in [0.5, 0.6) is 0 Å². The number of urea groups is 1. The first-order valence-electron chi connectivity index (χ1n) is 16.2. The molecule has 5 heterocycles. The minimum Gasteiger partial charge on any atom is -0.337 e. The van der Waals surface area contributed by atoms with E-state index in [-0.39, 0.29) is 47.4 Å². The molecule has 0 bridgehead atoms. The molecule has 1 aromatic rings. The van der Waals surface area contributed by atoms with Crippen LogP contribution >= 0.6 is 23.5 Å². The van der Waals surface area contributed by atoms with E-state index in [1.54, 1.807) is 42.1 Å². The van der Waals surface area contributed by atoms with Crippen LogP contribution in [0.15, 0.2) is 18.5 Å². The molecule has 0 unspecified atom stereocenters. The third kappa shape index (κ3) is 6.41. The molecule has 46 heavy (non-hydrogen) atoms. The van der Waals surface area contributed by atoms with Crippen molar-refractivity contribution in [3.05, 3.63) is 18.5 Å². The first-order chi connectivity index (χ1) is 21.9. The largest absolute Gasteiger partial charge is 0.337 e. The van der Waals surface area contributed by atoms with Crippen LogP contribution in [0.4, 0.5) is 10.7 Å². The maximum atomic E-state index is 14.2. The first-order valence-corrected chi connectivity index (χ1v) is 18.2. The van der Waals surface area contributed by atoms with Gasteiger partial charge in [0.15, 0.2) is 4.08 Å². The van der Waals surface area contributed by atoms with Gasteiger partial charge in [-0.3, -0.25) is 24.1 Å². The Morgan fingerprint density at radius 3 is 1.93 bits per heavy atom. The molecule has 0 aromatic carbocycles. The Morgan fingerprint density at radius 2 is 1.39 bits per heavy atom. The topological polar surface area (TPSA) is 148 Å². The molecule has 4 aliphatic heterocycles. The highest BCUT2D eigenvalue weighted by Gasteiger charge is 2.68. The van der Waals surface area contributed by atoms with Crippen molar-refractivity contribution < 1.29 is 24.0 Å². The van der Waals surface area contributed by atoms with Gasteiger partial charge < -0.3 is 25.3 Å². The Labute approximate surface area is 279 Å². The zero-order valence-corrected chi connectivity index (χ0v) is 29.1. The summed E-state index contributed by atoms with van der Waals surface area (Å²) in [4.78, 5) is 83.8. The van der Waals surface area contributed by atoms with E-state index in [0.717, 1.165) is 11.5 Å². The average molecular weight is 675 g/mol. The van der Waals surface area contributed by atoms with Gasteiger partial charge in [0.1, 0.15) is 12.1 Å². The standard InChI is InChI=1S/C31H46N8O5S2/c1-18(2)22(26(41)36-12-14-37(15-13-36)29-32-9-7-10-33-29)34-30(44)35-23(19(3)4)27(42)38-11-8-21-24(38)31(45-16-17-46-31)28(43)39(21)25(40)20(5)6/h7,9-10,18-24H,8,11-17H2,1-6H3,(H2,34,35,44)/t21-,22-,23-,24-/m0/s1. The Hall–Kier alpha value is -3.07. The van der Waals surface area contributed by atoms with E-state index in [9.17, 15) is 24.0 Å². The molecule has 13 nitrogen and oxygen atoms in total. The van der Waals surface area contributed by atoms with Gasteiger partial charge in [-0.1, -0.05) is 41.5 Å². The molecule has 15 heteroatoms. The number of hydrogen-bond donors (Lipinski definition) is 2. The molecule has 0 radical (unpaired) electrons. The molecule has 4 atom stereocenters. The molecular formula is C31H46N8O5S2. The van der Waals surface area contributed by atoms with Crippen LogP contribution in [-0.2, 0) is 19.2 Å². The molecular weight excluding hydrogens is 629 g/mol. The smallest absolute Gasteiger partial charge is 0.316 e. The maximum absolute atomic E-state index is 14.2. The lowest BCUT2D eigenvalue weighted by atomic mass is 10.0. The summed E-state index contributed by atoms with van der Waals surface area (Å²) >= 11 is 3.05. The number of likely N-dealkylation sites (tertiary alicyclic amines) is 2. The lowest BCUT2D eigenvalue weighted by molar-refractivity contribution is -0.146. The van der Waals surface area contributed by atoms with Gasteiger partial charge in [-0.2, -0.15) is 0 Å². The van der Waals surface area contributed by atoms with Gasteiger partial charge in [-0.05, 0) is 24.3 Å². The summed E-state index contributed by atoms with van der Waals surface area (Å²) in [6.07, 6.45) is 3.89. The van der Waals surface area contributed by atoms with Gasteiger partial charge in [0.2, 0.25) is 23.7 Å². The van der Waals surface area contributed by atoms with Gasteiger partial charge in [-0.15, -0.1) is 23.5 Å². The second-order valence-corrected chi connectivity index (χ2v) is 16.2. The second kappa shape index (κ2) is 14.0. The zero-order chi connectivity index (χ0) is 33.3. The molecule has 0 aliphatic carbocycles. The van der Waals surface area contributed by atoms with Crippen molar-refractivity contribution in [3.8, 4) is 0 Å². The molecule has 4 fully saturated rings. The van der Waals surface area contributed by atoms with Gasteiger partial charge in [0, 0.05) is 62.5 Å². The third-order valence-electron chi connectivity index (χ3n) is 9.20. The summed E-state index contributed by atoms with van der Waals surface area (Å²) in [5.74, 6) is 0.485. The number of nitrogens with one attached hydrogen (secondary N) is 2. The molecule has 6 amide bonds. The van der Waals surface area contributed by atoms with Crippen LogP contribution in [0.1, 0.15) is 48.0 Å². The zero-order valence-electron chi connectivity index (χ0n) is 27.5. The third-order valence-corrected chi connectivity index (χ3v) is 12.7. The van der Waals surface area contributed by atoms with Gasteiger partial charge in [0.05, 0.1) is 12.1 Å². The van der Waals surface area contributed by atoms with Crippen LogP contribution in [-0.4, -0.2) is 127 Å². The number of aromatic nitrogens is 2. The summed E-state index contributed by atoms with van der Waals surface area (Å²) in [5.41, 5.74) is 0. The van der Waals surface area contributed by atoms with E-state index >= 15 is 0 Å². The summed E-state index contributed by atoms with van der Waals surface area (Å²) in [5, 5.41) is 5.73. The normalized spacial score (nSPS) is 23.8. The van der Waals surface area contributed by atoms with E-state index < -0.39 is 28.2 Å². The lowest BCUT2D eigenvalue weighted by Gasteiger charge is -2.38. The van der Waals surface area contributed by atoms with Crippen molar-refractivity contribution in [2.24, 2.45) is 17.8 Å². The molecule has 1 aromatic heterocycles. The highest BCUT2D eigenvalue weighted by atomic mass is 32.2. The highest BCUT2D eigenvalue weighted by Crippen LogP contribution is 2.56. The maximum Gasteiger partial charge on any atom is 0.316 e. The Balaban J connectivity index is 1.26. The van der Waals surface area contributed by atoms with Gasteiger partial charge >= 0.3 is 6.03 Å². The minimum absolute atomic E-state index is 0.176. The average Bonchev–Trinajstić information content (AvgIpc) is 3.75. The quantitative estimate of drug-likeness (QED) is 0.417. The number of thioether (sulfide) groups is 2. The lowest BCUT2D eigenvalue weighted by Crippen LogP contribution is -2.61. The number of amides is 6. The Kier molecular flexibility index (Phi) is 10.4. The van der Waals surface area contributed by atoms with Crippen LogP contribution in [0.25, 0.3) is 0 Å². The fourth-order valence-corrected chi connectivity index (χ4v) is 10.2. The van der Waals surface area contributed by atoms with E-state index in [4.69, 9.17) is 0 Å². The van der Waals surface area contributed by atoms with Crippen molar-refractivity contribution in [1.29, 1.82) is 0 Å². The molecule has 2 N–H and O–H groups in total. The van der Waals surface area contributed by atoms with Crippen LogP contribution in [0.3, 0.4) is 0 Å². The summed E-state index contributed by atoms with van der Waals surface area (Å²) in [6.45, 7) is 13.6. The van der Waals surface area contributed by atoms with Crippen LogP contribution in [0, 0.1) is 17.8 Å². The predicted molar refractivity (Wildman–Crippen MR) is 178 cm³/mol. The number of carbonyl (C=O) groups is 5. The van der Waals surface area contributed by atoms with E-state index in [1.807, 2.05) is 32.6 Å². The van der Waals surface area contributed by atoms with E-state index in [1.165, 1.54) is 28.4 Å². The number of hydrogen-bond acceptors (Lipinski definition) is 10. The van der Waals surface area contributed by atoms with Crippen LogP contribution in [0.2, 0.25) is 0 Å². The number of piperazine rings is 1. The predicted octanol–water partition coefficient (Wildman–Crippen LogP) is 1.64. The van der Waals surface area contributed by atoms with E-state index in [0.29, 0.717) is 45.1 Å². The molecule has 1 spiro atoms. The molecule has 5 rings (SSSR count). The summed E-state index contributed by atoms with van der Waals surface area (Å²) in [7, 11) is 0. The molecule has 252 valence electrons. The fourth-order valence-electron chi connectivity index (χ4n) is 6.77. The second-order valence-electron chi connectivity index (χ2n) is 13.3. The number of carbonyl (C=O) groups excluding carboxylic acids is 5. The van der Waals surface area contributed by atoms with Gasteiger partial charge in [0.25, 0.3) is 5.91 Å². The van der Waals surface area contributed by atoms with Crippen molar-refractivity contribution in [1.82, 2.24) is 35.3 Å². The monoisotopic (exact) mass is 674 g/mol. The van der Waals surface area contributed by atoms with Crippen molar-refractivity contribution in [2.75, 3.05) is 49.1 Å². The number of fused-ring (bicyclic) bond motifs is 2. The van der Waals surface area contributed by atoms with Crippen molar-refractivity contribution >= 4 is 59.1 Å². The molecule has 0 saturated carbocycles. The fraction of sp³-hybridized carbons (Fsp3) is 0.710. The number of nitrogens with zero attached hydrogens (tertiary/aromatic N) is 6. The Bertz CT molecular complexity index is 1320. The first kappa shape index (κ1) is 34.3. The van der Waals surface area contributed by atoms with Gasteiger partial charge in [-0.25, -0.2) is 14.8 Å². The summed E-state index contributed by atoms with van der Waals surface area (Å²) in [6, 6.07) is -1.35. The Morgan fingerprint density at radius 1 is 0.826 bits per heavy atom. The molecule has 4 aliphatic rings. The molecule has 4 saturated heterocycles. The van der Waals surface area contributed by atoms with Crippen LogP contribution < -0.4 is 15.5 Å². The number of imide groups is 1. The van der Waals surface area contributed by atoms with Crippen molar-refractivity contribution in [3.63, 3.8) is 0 Å². The van der Waals surface area contributed by atoms with E-state index in [2.05, 4.69) is 20.6 Å². The summed E-state index contributed by atoms with van der Waals surface area (Å²) < 4.78 is -0.920. The van der Waals surface area contributed by atoms with Crippen molar-refractivity contribution in [2.45, 2.75) is 76.2 Å². The number of anilines is 1. The SMILES string of the molecule is CC(C)C(=O)N1C(=O)C2(SCCS2)[C@@H]2[C@@H]1CCN2C(=O)[C@@H](NC(=O)N[C@H](C(=O)N1CCN(c2ncccn2)CC1)C(C)C)C(C)C. The highest BCUT2D eigenvalue weighted by molar-refractivity contribution is 8.22. The number of rotatable bonds is 8. The minimum atomic E-state index is -0.920.